The molecule has 0 fully saturated rings. The molecule has 0 spiro atoms. The van der Waals surface area contributed by atoms with E-state index >= 15 is 0 Å². The molecule has 1 aromatic heterocycles. The van der Waals surface area contributed by atoms with E-state index in [1.54, 1.807) is 29.9 Å². The zero-order chi connectivity index (χ0) is 20.5. The number of rotatable bonds is 2. The minimum Gasteiger partial charge on any atom is -0.320 e. The molecule has 0 aliphatic carbocycles. The number of amides is 1. The van der Waals surface area contributed by atoms with Gasteiger partial charge in [-0.25, -0.2) is 4.39 Å². The van der Waals surface area contributed by atoms with E-state index < -0.39 is 23.5 Å². The van der Waals surface area contributed by atoms with Crippen LogP contribution in [0.2, 0.25) is 0 Å². The number of aromatic nitrogens is 2. The summed E-state index contributed by atoms with van der Waals surface area (Å²) in [6.07, 6.45) is -4.41. The van der Waals surface area contributed by atoms with Crippen LogP contribution in [0.5, 0.6) is 0 Å². The number of hydrogen-bond donors (Lipinski definition) is 1. The van der Waals surface area contributed by atoms with Gasteiger partial charge in [-0.1, -0.05) is 12.5 Å². The molecule has 0 aliphatic rings. The first-order valence-electron chi connectivity index (χ1n) is 7.97. The summed E-state index contributed by atoms with van der Waals surface area (Å²) in [6, 6.07) is 9.31. The summed E-state index contributed by atoms with van der Waals surface area (Å²) in [5, 5.41) is 7.24. The average molecular weight is 387 g/mol. The Hall–Kier alpha value is -3.60. The predicted molar refractivity (Wildman–Crippen MR) is 97.0 cm³/mol. The van der Waals surface area contributed by atoms with Gasteiger partial charge in [-0.05, 0) is 48.4 Å². The molecule has 1 amide bonds. The van der Waals surface area contributed by atoms with Crippen LogP contribution in [-0.4, -0.2) is 15.7 Å². The Morgan fingerprint density at radius 2 is 1.82 bits per heavy atom. The van der Waals surface area contributed by atoms with Crippen molar-refractivity contribution in [1.29, 1.82) is 0 Å². The van der Waals surface area contributed by atoms with E-state index in [-0.39, 0.29) is 0 Å². The summed E-state index contributed by atoms with van der Waals surface area (Å²) in [5.74, 6) is 3.51. The molecule has 0 unspecified atom stereocenters. The highest BCUT2D eigenvalue weighted by Crippen LogP contribution is 2.29. The van der Waals surface area contributed by atoms with Crippen LogP contribution >= 0.6 is 0 Å². The lowest BCUT2D eigenvalue weighted by Crippen LogP contribution is -2.10. The largest absolute Gasteiger partial charge is 0.416 e. The molecule has 3 rings (SSSR count). The summed E-state index contributed by atoms with van der Waals surface area (Å²) in [6.45, 7) is 2.93. The molecule has 3 aromatic rings. The standard InChI is InChI=1S/C20H13F4N3O/c1-12(21)19(28)25-15-8-10-18-16(11-15)17(26-27(18)2)9-5-13-3-6-14(7-4-13)20(22,23)24/h3-4,6-8,10-11H,1H2,2H3,(H,25,28). The number of nitrogens with one attached hydrogen (secondary N) is 1. The molecule has 28 heavy (non-hydrogen) atoms. The van der Waals surface area contributed by atoms with Crippen LogP contribution in [0.4, 0.5) is 23.2 Å². The SMILES string of the molecule is C=C(F)C(=O)Nc1ccc2c(c1)c(C#Cc1ccc(C(F)(F)F)cc1)nn2C. The van der Waals surface area contributed by atoms with Crippen LogP contribution in [0.25, 0.3) is 10.9 Å². The minimum atomic E-state index is -4.41. The number of fused-ring (bicyclic) bond motifs is 1. The Morgan fingerprint density at radius 3 is 2.43 bits per heavy atom. The molecule has 2 aromatic carbocycles. The van der Waals surface area contributed by atoms with Crippen LogP contribution in [0.15, 0.2) is 54.9 Å². The van der Waals surface area contributed by atoms with Gasteiger partial charge in [0.1, 0.15) is 5.69 Å². The molecular weight excluding hydrogens is 374 g/mol. The quantitative estimate of drug-likeness (QED) is 0.402. The molecular formula is C20H13F4N3O. The number of carbonyl (C=O) groups excluding carboxylic acids is 1. The van der Waals surface area contributed by atoms with Crippen LogP contribution in [0.1, 0.15) is 16.8 Å². The number of nitrogens with zero attached hydrogens (tertiary/aromatic N) is 2. The van der Waals surface area contributed by atoms with Crippen molar-refractivity contribution >= 4 is 22.5 Å². The van der Waals surface area contributed by atoms with Gasteiger partial charge < -0.3 is 5.32 Å². The van der Waals surface area contributed by atoms with Gasteiger partial charge in [0.15, 0.2) is 5.83 Å². The monoisotopic (exact) mass is 387 g/mol. The highest BCUT2D eigenvalue weighted by Gasteiger charge is 2.29. The molecule has 0 atom stereocenters. The molecule has 0 radical (unpaired) electrons. The summed E-state index contributed by atoms with van der Waals surface area (Å²) in [7, 11) is 1.70. The van der Waals surface area contributed by atoms with E-state index in [2.05, 4.69) is 28.8 Å². The highest BCUT2D eigenvalue weighted by atomic mass is 19.4. The molecule has 0 bridgehead atoms. The zero-order valence-corrected chi connectivity index (χ0v) is 14.6. The number of carbonyl (C=O) groups is 1. The molecule has 1 N–H and O–H groups in total. The fourth-order valence-corrected chi connectivity index (χ4v) is 2.51. The van der Waals surface area contributed by atoms with Gasteiger partial charge in [0.25, 0.3) is 5.91 Å². The zero-order valence-electron chi connectivity index (χ0n) is 14.6. The second kappa shape index (κ2) is 7.19. The van der Waals surface area contributed by atoms with Crippen molar-refractivity contribution < 1.29 is 22.4 Å². The van der Waals surface area contributed by atoms with Crippen molar-refractivity contribution in [2.75, 3.05) is 5.32 Å². The van der Waals surface area contributed by atoms with E-state index in [1.165, 1.54) is 12.1 Å². The minimum absolute atomic E-state index is 0.335. The Kier molecular flexibility index (Phi) is 4.92. The van der Waals surface area contributed by atoms with Gasteiger partial charge in [0.05, 0.1) is 11.1 Å². The third-order valence-corrected chi connectivity index (χ3v) is 3.89. The van der Waals surface area contributed by atoms with Crippen molar-refractivity contribution in [1.82, 2.24) is 9.78 Å². The first kappa shape index (κ1) is 19.2. The van der Waals surface area contributed by atoms with E-state index in [0.717, 1.165) is 12.1 Å². The average Bonchev–Trinajstić information content (AvgIpc) is 2.95. The topological polar surface area (TPSA) is 46.9 Å². The van der Waals surface area contributed by atoms with E-state index in [1.807, 2.05) is 0 Å². The molecule has 1 heterocycles. The number of benzene rings is 2. The number of aryl methyl sites for hydroxylation is 1. The molecule has 4 nitrogen and oxygen atoms in total. The molecule has 0 saturated carbocycles. The maximum Gasteiger partial charge on any atom is 0.416 e. The molecule has 0 aliphatic heterocycles. The summed E-state index contributed by atoms with van der Waals surface area (Å²) >= 11 is 0. The first-order chi connectivity index (χ1) is 13.1. The number of halogens is 4. The fourth-order valence-electron chi connectivity index (χ4n) is 2.51. The Morgan fingerprint density at radius 1 is 1.14 bits per heavy atom. The van der Waals surface area contributed by atoms with Gasteiger partial charge in [0, 0.05) is 23.7 Å². The van der Waals surface area contributed by atoms with Crippen molar-refractivity contribution in [3.8, 4) is 11.8 Å². The first-order valence-corrected chi connectivity index (χ1v) is 7.97. The predicted octanol–water partition coefficient (Wildman–Crippen LogP) is 4.41. The van der Waals surface area contributed by atoms with E-state index in [4.69, 9.17) is 0 Å². The van der Waals surface area contributed by atoms with Gasteiger partial charge in [-0.2, -0.15) is 18.3 Å². The Labute approximate surface area is 157 Å². The highest BCUT2D eigenvalue weighted by molar-refractivity contribution is 6.03. The second-order valence-corrected chi connectivity index (χ2v) is 5.89. The smallest absolute Gasteiger partial charge is 0.320 e. The molecule has 8 heteroatoms. The number of hydrogen-bond acceptors (Lipinski definition) is 2. The Balaban J connectivity index is 1.94. The van der Waals surface area contributed by atoms with Gasteiger partial charge >= 0.3 is 6.18 Å². The van der Waals surface area contributed by atoms with Crippen molar-refractivity contribution in [2.24, 2.45) is 7.05 Å². The summed E-state index contributed by atoms with van der Waals surface area (Å²) in [5.41, 5.74) is 1.06. The lowest BCUT2D eigenvalue weighted by Gasteiger charge is -2.05. The lowest BCUT2D eigenvalue weighted by molar-refractivity contribution is -0.137. The van der Waals surface area contributed by atoms with E-state index in [9.17, 15) is 22.4 Å². The number of anilines is 1. The van der Waals surface area contributed by atoms with Crippen LogP contribution in [0.3, 0.4) is 0 Å². The second-order valence-electron chi connectivity index (χ2n) is 5.89. The fraction of sp³-hybridized carbons (Fsp3) is 0.100. The molecule has 0 saturated heterocycles. The summed E-state index contributed by atoms with van der Waals surface area (Å²) in [4.78, 5) is 11.4. The van der Waals surface area contributed by atoms with Crippen molar-refractivity contribution in [2.45, 2.75) is 6.18 Å². The summed E-state index contributed by atoms with van der Waals surface area (Å²) < 4.78 is 52.3. The maximum atomic E-state index is 12.9. The normalized spacial score (nSPS) is 11.0. The van der Waals surface area contributed by atoms with Gasteiger partial charge in [0.2, 0.25) is 0 Å². The third kappa shape index (κ3) is 4.04. The van der Waals surface area contributed by atoms with Crippen molar-refractivity contribution in [3.05, 3.63) is 71.7 Å². The van der Waals surface area contributed by atoms with Crippen molar-refractivity contribution in [3.63, 3.8) is 0 Å². The Bertz CT molecular complexity index is 1130. The van der Waals surface area contributed by atoms with Crippen LogP contribution in [0, 0.1) is 11.8 Å². The lowest BCUT2D eigenvalue weighted by atomic mass is 10.1. The molecule has 142 valence electrons. The third-order valence-electron chi connectivity index (χ3n) is 3.89. The van der Waals surface area contributed by atoms with E-state index in [0.29, 0.717) is 27.8 Å². The van der Waals surface area contributed by atoms with Gasteiger partial charge in [-0.15, -0.1) is 0 Å². The maximum absolute atomic E-state index is 12.9. The number of alkyl halides is 3. The van der Waals surface area contributed by atoms with Crippen LogP contribution < -0.4 is 5.32 Å². The van der Waals surface area contributed by atoms with Crippen LogP contribution in [-0.2, 0) is 18.0 Å². The van der Waals surface area contributed by atoms with Gasteiger partial charge in [-0.3, -0.25) is 9.48 Å².